The Labute approximate surface area is 159 Å². The summed E-state index contributed by atoms with van der Waals surface area (Å²) in [5, 5.41) is 9.21. The summed E-state index contributed by atoms with van der Waals surface area (Å²) in [6.07, 6.45) is 5.91. The van der Waals surface area contributed by atoms with Crippen molar-refractivity contribution >= 4 is 11.7 Å². The highest BCUT2D eigenvalue weighted by Crippen LogP contribution is 2.29. The Morgan fingerprint density at radius 1 is 1.11 bits per heavy atom. The lowest BCUT2D eigenvalue weighted by Gasteiger charge is -2.31. The topological polar surface area (TPSA) is 82.5 Å². The number of amides is 1. The van der Waals surface area contributed by atoms with Gasteiger partial charge in [-0.15, -0.1) is 0 Å². The number of carbonyl (C=O) groups is 1. The van der Waals surface area contributed by atoms with Crippen molar-refractivity contribution < 1.29 is 9.90 Å². The van der Waals surface area contributed by atoms with Crippen LogP contribution in [0.5, 0.6) is 0 Å². The van der Waals surface area contributed by atoms with Crippen LogP contribution in [0.4, 0.5) is 5.82 Å². The molecular weight excluding hydrogens is 342 g/mol. The smallest absolute Gasteiger partial charge is 0.272 e. The van der Waals surface area contributed by atoms with Gasteiger partial charge in [-0.1, -0.05) is 6.07 Å². The predicted octanol–water partition coefficient (Wildman–Crippen LogP) is 1.98. The zero-order chi connectivity index (χ0) is 18.6. The Hall–Kier alpha value is -2.54. The summed E-state index contributed by atoms with van der Waals surface area (Å²) < 4.78 is 0. The van der Waals surface area contributed by atoms with E-state index in [-0.39, 0.29) is 12.5 Å². The Kier molecular flexibility index (Phi) is 5.29. The van der Waals surface area contributed by atoms with Crippen LogP contribution in [-0.4, -0.2) is 57.0 Å². The molecule has 1 N–H and O–H groups in total. The van der Waals surface area contributed by atoms with Crippen molar-refractivity contribution in [3.63, 3.8) is 0 Å². The van der Waals surface area contributed by atoms with Gasteiger partial charge >= 0.3 is 0 Å². The molecular formula is C20H25N5O2. The number of pyridine rings is 1. The van der Waals surface area contributed by atoms with Crippen molar-refractivity contribution in [2.45, 2.75) is 38.2 Å². The molecule has 1 amide bonds. The van der Waals surface area contributed by atoms with E-state index >= 15 is 0 Å². The third-order valence-electron chi connectivity index (χ3n) is 5.49. The molecule has 142 valence electrons. The van der Waals surface area contributed by atoms with Crippen LogP contribution in [0.1, 0.15) is 53.5 Å². The number of likely N-dealkylation sites (tertiary alicyclic amines) is 1. The molecule has 7 nitrogen and oxygen atoms in total. The predicted molar refractivity (Wildman–Crippen MR) is 102 cm³/mol. The minimum atomic E-state index is -0.156. The van der Waals surface area contributed by atoms with Crippen molar-refractivity contribution in [2.24, 2.45) is 0 Å². The zero-order valence-electron chi connectivity index (χ0n) is 15.4. The first-order chi connectivity index (χ1) is 13.2. The summed E-state index contributed by atoms with van der Waals surface area (Å²) in [5.74, 6) is 1.32. The third kappa shape index (κ3) is 3.93. The molecule has 2 aromatic rings. The van der Waals surface area contributed by atoms with E-state index in [0.717, 1.165) is 37.4 Å². The fourth-order valence-corrected chi connectivity index (χ4v) is 3.93. The van der Waals surface area contributed by atoms with Crippen LogP contribution in [0.25, 0.3) is 0 Å². The first-order valence-corrected chi connectivity index (χ1v) is 9.67. The number of aliphatic hydroxyl groups is 1. The molecule has 0 spiro atoms. The molecule has 2 aromatic heterocycles. The molecule has 7 heteroatoms. The molecule has 0 aliphatic carbocycles. The first-order valence-electron chi connectivity index (χ1n) is 9.67. The molecule has 0 bridgehead atoms. The van der Waals surface area contributed by atoms with E-state index in [9.17, 15) is 9.90 Å². The van der Waals surface area contributed by atoms with E-state index in [4.69, 9.17) is 0 Å². The second kappa shape index (κ2) is 8.00. The van der Waals surface area contributed by atoms with Gasteiger partial charge in [-0.3, -0.25) is 4.79 Å². The Bertz CT molecular complexity index is 798. The summed E-state index contributed by atoms with van der Waals surface area (Å²) >= 11 is 0. The van der Waals surface area contributed by atoms with Crippen LogP contribution in [0.2, 0.25) is 0 Å². The molecule has 0 radical (unpaired) electrons. The minimum Gasteiger partial charge on any atom is -0.390 e. The van der Waals surface area contributed by atoms with Crippen molar-refractivity contribution in [3.8, 4) is 0 Å². The zero-order valence-corrected chi connectivity index (χ0v) is 15.4. The van der Waals surface area contributed by atoms with Crippen molar-refractivity contribution in [1.82, 2.24) is 19.9 Å². The summed E-state index contributed by atoms with van der Waals surface area (Å²) in [4.78, 5) is 30.0. The largest absolute Gasteiger partial charge is 0.390 e. The second-order valence-electron chi connectivity index (χ2n) is 7.23. The molecule has 2 saturated heterocycles. The van der Waals surface area contributed by atoms with Crippen molar-refractivity contribution in [3.05, 3.63) is 47.7 Å². The Balaban J connectivity index is 1.40. The van der Waals surface area contributed by atoms with Crippen LogP contribution >= 0.6 is 0 Å². The minimum absolute atomic E-state index is 0.0656. The monoisotopic (exact) mass is 367 g/mol. The number of hydrogen-bond acceptors (Lipinski definition) is 6. The molecule has 0 saturated carbocycles. The van der Waals surface area contributed by atoms with Gasteiger partial charge in [0.25, 0.3) is 5.91 Å². The summed E-state index contributed by atoms with van der Waals surface area (Å²) in [7, 11) is 0. The van der Waals surface area contributed by atoms with E-state index in [1.165, 1.54) is 12.8 Å². The number of piperidine rings is 1. The number of nitrogens with zero attached hydrogens (tertiary/aromatic N) is 5. The number of carbonyl (C=O) groups excluding carboxylic acids is 1. The highest BCUT2D eigenvalue weighted by molar-refractivity contribution is 5.92. The molecule has 2 fully saturated rings. The van der Waals surface area contributed by atoms with Crippen LogP contribution in [0, 0.1) is 0 Å². The highest BCUT2D eigenvalue weighted by atomic mass is 16.3. The lowest BCUT2D eigenvalue weighted by Crippen LogP contribution is -2.38. The fraction of sp³-hybridized carbons (Fsp3) is 0.500. The van der Waals surface area contributed by atoms with Gasteiger partial charge in [0.1, 0.15) is 17.8 Å². The van der Waals surface area contributed by atoms with Gasteiger partial charge in [-0.05, 0) is 37.8 Å². The molecule has 4 heterocycles. The maximum Gasteiger partial charge on any atom is 0.272 e. The maximum atomic E-state index is 12.7. The van der Waals surface area contributed by atoms with Gasteiger partial charge in [0, 0.05) is 43.9 Å². The maximum absolute atomic E-state index is 12.7. The van der Waals surface area contributed by atoms with Gasteiger partial charge in [-0.25, -0.2) is 15.0 Å². The quantitative estimate of drug-likeness (QED) is 0.890. The number of aromatic nitrogens is 3. The Morgan fingerprint density at radius 2 is 1.89 bits per heavy atom. The van der Waals surface area contributed by atoms with E-state index in [2.05, 4.69) is 25.9 Å². The highest BCUT2D eigenvalue weighted by Gasteiger charge is 2.26. The lowest BCUT2D eigenvalue weighted by atomic mass is 9.93. The standard InChI is InChI=1S/C20H25N5O2/c26-13-16-4-3-5-17(23-16)20(27)25-10-6-15(7-11-25)18-12-19(22-14-21-18)24-8-1-2-9-24/h3-5,12,14-15,26H,1-2,6-11,13H2. The lowest BCUT2D eigenvalue weighted by molar-refractivity contribution is 0.0705. The van der Waals surface area contributed by atoms with Gasteiger partial charge in [0.2, 0.25) is 0 Å². The Morgan fingerprint density at radius 3 is 2.63 bits per heavy atom. The van der Waals surface area contributed by atoms with Gasteiger partial charge in [0.15, 0.2) is 0 Å². The number of anilines is 1. The molecule has 2 aliphatic rings. The molecule has 2 aliphatic heterocycles. The normalized spacial score (nSPS) is 18.1. The van der Waals surface area contributed by atoms with Crippen LogP contribution < -0.4 is 4.90 Å². The van der Waals surface area contributed by atoms with Gasteiger partial charge < -0.3 is 14.9 Å². The van der Waals surface area contributed by atoms with Crippen LogP contribution in [-0.2, 0) is 6.61 Å². The van der Waals surface area contributed by atoms with Crippen LogP contribution in [0.15, 0.2) is 30.6 Å². The third-order valence-corrected chi connectivity index (χ3v) is 5.49. The summed E-state index contributed by atoms with van der Waals surface area (Å²) in [5.41, 5.74) is 2.00. The van der Waals surface area contributed by atoms with Gasteiger partial charge in [-0.2, -0.15) is 0 Å². The van der Waals surface area contributed by atoms with Crippen LogP contribution in [0.3, 0.4) is 0 Å². The number of aliphatic hydroxyl groups excluding tert-OH is 1. The van der Waals surface area contributed by atoms with E-state index < -0.39 is 0 Å². The van der Waals surface area contributed by atoms with Crippen molar-refractivity contribution in [1.29, 1.82) is 0 Å². The number of hydrogen-bond donors (Lipinski definition) is 1. The fourth-order valence-electron chi connectivity index (χ4n) is 3.93. The SMILES string of the molecule is O=C(c1cccc(CO)n1)N1CCC(c2cc(N3CCCC3)ncn2)CC1. The first kappa shape index (κ1) is 17.9. The molecule has 0 unspecified atom stereocenters. The van der Waals surface area contributed by atoms with Gasteiger partial charge in [0.05, 0.1) is 12.3 Å². The molecule has 0 atom stereocenters. The molecule has 27 heavy (non-hydrogen) atoms. The molecule has 4 rings (SSSR count). The van der Waals surface area contributed by atoms with E-state index in [1.54, 1.807) is 24.5 Å². The van der Waals surface area contributed by atoms with Crippen molar-refractivity contribution in [2.75, 3.05) is 31.1 Å². The van der Waals surface area contributed by atoms with E-state index in [0.29, 0.717) is 30.4 Å². The molecule has 0 aromatic carbocycles. The second-order valence-corrected chi connectivity index (χ2v) is 7.23. The summed E-state index contributed by atoms with van der Waals surface area (Å²) in [6.45, 7) is 3.37. The summed E-state index contributed by atoms with van der Waals surface area (Å²) in [6, 6.07) is 7.31. The average Bonchev–Trinajstić information content (AvgIpc) is 3.28. The van der Waals surface area contributed by atoms with E-state index in [1.807, 2.05) is 4.90 Å². The number of rotatable bonds is 4. The average molecular weight is 367 g/mol.